The summed E-state index contributed by atoms with van der Waals surface area (Å²) in [5, 5.41) is 14.6. The summed E-state index contributed by atoms with van der Waals surface area (Å²) < 4.78 is 0. The first-order valence-electron chi connectivity index (χ1n) is 9.15. The molecule has 7 heteroatoms. The Morgan fingerprint density at radius 1 is 1.29 bits per heavy atom. The third-order valence-corrected chi connectivity index (χ3v) is 8.33. The molecule has 3 fully saturated rings. The summed E-state index contributed by atoms with van der Waals surface area (Å²) in [6.45, 7) is 6.09. The summed E-state index contributed by atoms with van der Waals surface area (Å²) in [6, 6.07) is 0. The van der Waals surface area contributed by atoms with Gasteiger partial charge in [-0.15, -0.1) is 10.2 Å². The Kier molecular flexibility index (Phi) is 3.97. The van der Waals surface area contributed by atoms with Gasteiger partial charge in [0.1, 0.15) is 0 Å². The molecule has 3 aliphatic rings. The summed E-state index contributed by atoms with van der Waals surface area (Å²) in [4.78, 5) is 15.7. The number of rotatable bonds is 3. The molecule has 6 nitrogen and oxygen atoms in total. The average Bonchev–Trinajstić information content (AvgIpc) is 2.98. The molecule has 2 heterocycles. The molecule has 0 bridgehead atoms. The van der Waals surface area contributed by atoms with Crippen molar-refractivity contribution in [1.82, 2.24) is 25.5 Å². The molecule has 0 unspecified atom stereocenters. The number of piperidine rings is 1. The predicted molar refractivity (Wildman–Crippen MR) is 93.6 cm³/mol. The Bertz CT molecular complexity index is 611. The second kappa shape index (κ2) is 5.78. The number of aromatic nitrogens is 4. The molecule has 0 spiro atoms. The van der Waals surface area contributed by atoms with Gasteiger partial charge in [-0.3, -0.25) is 4.79 Å². The highest BCUT2D eigenvalue weighted by molar-refractivity contribution is 9.09. The van der Waals surface area contributed by atoms with E-state index >= 15 is 0 Å². The van der Waals surface area contributed by atoms with E-state index in [1.807, 2.05) is 0 Å². The number of alkyl halides is 1. The van der Waals surface area contributed by atoms with Crippen LogP contribution in [0.15, 0.2) is 0 Å². The van der Waals surface area contributed by atoms with Crippen molar-refractivity contribution in [3.63, 3.8) is 0 Å². The van der Waals surface area contributed by atoms with Gasteiger partial charge in [0.2, 0.25) is 5.91 Å². The fourth-order valence-corrected chi connectivity index (χ4v) is 6.42. The third-order valence-electron chi connectivity index (χ3n) is 6.88. The fourth-order valence-electron chi connectivity index (χ4n) is 5.08. The van der Waals surface area contributed by atoms with E-state index in [0.29, 0.717) is 22.6 Å². The van der Waals surface area contributed by atoms with Gasteiger partial charge in [-0.25, -0.2) is 0 Å². The lowest BCUT2D eigenvalue weighted by atomic mass is 9.73. The zero-order valence-electron chi connectivity index (χ0n) is 14.5. The van der Waals surface area contributed by atoms with Crippen molar-refractivity contribution < 1.29 is 4.79 Å². The third kappa shape index (κ3) is 2.34. The second-order valence-corrected chi connectivity index (χ2v) is 9.30. The molecule has 2 aliphatic carbocycles. The monoisotopic (exact) mass is 395 g/mol. The largest absolute Gasteiger partial charge is 0.342 e. The molecule has 4 rings (SSSR count). The number of carbonyl (C=O) groups excluding carboxylic acids is 1. The number of fused-ring (bicyclic) bond motifs is 1. The van der Waals surface area contributed by atoms with Crippen LogP contribution in [-0.4, -0.2) is 49.3 Å². The molecule has 1 amide bonds. The molecule has 0 radical (unpaired) electrons. The van der Waals surface area contributed by atoms with Crippen LogP contribution in [0.4, 0.5) is 0 Å². The zero-order chi connectivity index (χ0) is 16.9. The van der Waals surface area contributed by atoms with Crippen molar-refractivity contribution in [2.75, 3.05) is 13.1 Å². The minimum Gasteiger partial charge on any atom is -0.342 e. The fraction of sp³-hybridized carbons (Fsp3) is 0.882. The Hall–Kier alpha value is -0.980. The number of hydrogen-bond donors (Lipinski definition) is 1. The average molecular weight is 396 g/mol. The molecule has 1 saturated heterocycles. The molecule has 1 aromatic rings. The topological polar surface area (TPSA) is 74.8 Å². The molecule has 132 valence electrons. The number of hydrogen-bond acceptors (Lipinski definition) is 4. The maximum absolute atomic E-state index is 13.2. The van der Waals surface area contributed by atoms with E-state index in [9.17, 15) is 4.79 Å². The molecular weight excluding hydrogens is 370 g/mol. The SMILES string of the molecule is CC(C)(c1nn[nH]n1)C1CCN(C(=O)[C@]23CCCC[C@H]2[C@@H]3Br)CC1. The minimum atomic E-state index is -0.106. The Balaban J connectivity index is 1.41. The summed E-state index contributed by atoms with van der Waals surface area (Å²) >= 11 is 3.80. The van der Waals surface area contributed by atoms with E-state index in [0.717, 1.165) is 38.2 Å². The first-order chi connectivity index (χ1) is 11.5. The van der Waals surface area contributed by atoms with Crippen LogP contribution in [0.3, 0.4) is 0 Å². The number of aromatic amines is 1. The van der Waals surface area contributed by atoms with Crippen LogP contribution in [0.2, 0.25) is 0 Å². The zero-order valence-corrected chi connectivity index (χ0v) is 16.0. The van der Waals surface area contributed by atoms with Crippen LogP contribution in [0.25, 0.3) is 0 Å². The van der Waals surface area contributed by atoms with Gasteiger partial charge in [-0.2, -0.15) is 5.21 Å². The Morgan fingerprint density at radius 2 is 2.04 bits per heavy atom. The normalized spacial score (nSPS) is 34.0. The van der Waals surface area contributed by atoms with E-state index < -0.39 is 0 Å². The summed E-state index contributed by atoms with van der Waals surface area (Å²) in [5.41, 5.74) is -0.181. The van der Waals surface area contributed by atoms with E-state index in [4.69, 9.17) is 0 Å². The standard InChI is InChI=1S/C17H26BrN5O/c1-16(2,14-19-21-22-20-14)11-6-9-23(10-7-11)15(24)17-8-4-3-5-12(17)13(17)18/h11-13H,3-10H2,1-2H3,(H,19,20,21,22)/t12-,13-,17+/m0/s1. The molecule has 1 aromatic heterocycles. The highest BCUT2D eigenvalue weighted by Gasteiger charge is 2.69. The lowest BCUT2D eigenvalue weighted by Gasteiger charge is -2.40. The van der Waals surface area contributed by atoms with E-state index in [2.05, 4.69) is 55.3 Å². The van der Waals surface area contributed by atoms with Gasteiger partial charge < -0.3 is 4.90 Å². The Labute approximate surface area is 151 Å². The van der Waals surface area contributed by atoms with Gasteiger partial charge in [-0.05, 0) is 37.5 Å². The van der Waals surface area contributed by atoms with Crippen molar-refractivity contribution in [1.29, 1.82) is 0 Å². The highest BCUT2D eigenvalue weighted by Crippen LogP contribution is 2.66. The number of likely N-dealkylation sites (tertiary alicyclic amines) is 1. The quantitative estimate of drug-likeness (QED) is 0.798. The first kappa shape index (κ1) is 16.5. The van der Waals surface area contributed by atoms with Gasteiger partial charge in [0.25, 0.3) is 0 Å². The Morgan fingerprint density at radius 3 is 2.67 bits per heavy atom. The number of H-pyrrole nitrogens is 1. The van der Waals surface area contributed by atoms with E-state index in [1.54, 1.807) is 0 Å². The number of halogens is 1. The van der Waals surface area contributed by atoms with Gasteiger partial charge >= 0.3 is 0 Å². The molecular formula is C17H26BrN5O. The maximum atomic E-state index is 13.2. The van der Waals surface area contributed by atoms with Crippen LogP contribution in [0.1, 0.15) is 58.2 Å². The van der Waals surface area contributed by atoms with Crippen molar-refractivity contribution in [2.45, 2.75) is 62.6 Å². The highest BCUT2D eigenvalue weighted by atomic mass is 79.9. The van der Waals surface area contributed by atoms with Crippen LogP contribution < -0.4 is 0 Å². The number of carbonyl (C=O) groups is 1. The number of tetrazole rings is 1. The molecule has 1 aliphatic heterocycles. The summed E-state index contributed by atoms with van der Waals surface area (Å²) in [5.74, 6) is 2.25. The van der Waals surface area contributed by atoms with Gasteiger partial charge in [-0.1, -0.05) is 47.8 Å². The molecule has 24 heavy (non-hydrogen) atoms. The number of nitrogens with zero attached hydrogens (tertiary/aromatic N) is 4. The van der Waals surface area contributed by atoms with E-state index in [-0.39, 0.29) is 10.8 Å². The van der Waals surface area contributed by atoms with Crippen molar-refractivity contribution in [2.24, 2.45) is 17.3 Å². The van der Waals surface area contributed by atoms with Crippen molar-refractivity contribution in [3.05, 3.63) is 5.82 Å². The number of amides is 1. The first-order valence-corrected chi connectivity index (χ1v) is 10.1. The molecule has 2 saturated carbocycles. The van der Waals surface area contributed by atoms with Crippen molar-refractivity contribution in [3.8, 4) is 0 Å². The molecule has 0 aromatic carbocycles. The minimum absolute atomic E-state index is 0.0751. The second-order valence-electron chi connectivity index (χ2n) is 8.32. The number of nitrogens with one attached hydrogen (secondary N) is 1. The van der Waals surface area contributed by atoms with Crippen LogP contribution in [0, 0.1) is 17.3 Å². The van der Waals surface area contributed by atoms with Gasteiger partial charge in [0.05, 0.1) is 5.41 Å². The van der Waals surface area contributed by atoms with Crippen LogP contribution in [-0.2, 0) is 10.2 Å². The lowest BCUT2D eigenvalue weighted by Crippen LogP contribution is -2.47. The molecule has 1 N–H and O–H groups in total. The van der Waals surface area contributed by atoms with Gasteiger partial charge in [0, 0.05) is 23.3 Å². The molecule has 3 atom stereocenters. The lowest BCUT2D eigenvalue weighted by molar-refractivity contribution is -0.140. The maximum Gasteiger partial charge on any atom is 0.230 e. The van der Waals surface area contributed by atoms with Crippen LogP contribution >= 0.6 is 15.9 Å². The van der Waals surface area contributed by atoms with Crippen molar-refractivity contribution >= 4 is 21.8 Å². The smallest absolute Gasteiger partial charge is 0.230 e. The van der Waals surface area contributed by atoms with Crippen LogP contribution in [0.5, 0.6) is 0 Å². The summed E-state index contributed by atoms with van der Waals surface area (Å²) in [7, 11) is 0. The predicted octanol–water partition coefficient (Wildman–Crippen LogP) is 2.67. The summed E-state index contributed by atoms with van der Waals surface area (Å²) in [6.07, 6.45) is 6.79. The van der Waals surface area contributed by atoms with E-state index in [1.165, 1.54) is 19.3 Å². The van der Waals surface area contributed by atoms with Gasteiger partial charge in [0.15, 0.2) is 5.82 Å².